The van der Waals surface area contributed by atoms with Gasteiger partial charge in [-0.15, -0.1) is 0 Å². The Kier molecular flexibility index (Phi) is 9.83. The van der Waals surface area contributed by atoms with E-state index in [2.05, 4.69) is 132 Å². The van der Waals surface area contributed by atoms with Crippen LogP contribution in [-0.2, 0) is 27.8 Å². The van der Waals surface area contributed by atoms with Gasteiger partial charge in [0.05, 0.1) is 33.3 Å². The van der Waals surface area contributed by atoms with Gasteiger partial charge in [-0.25, -0.2) is 4.98 Å². The van der Waals surface area contributed by atoms with Gasteiger partial charge in [-0.2, -0.15) is 23.1 Å². The van der Waals surface area contributed by atoms with E-state index < -0.39 is 11.7 Å². The third kappa shape index (κ3) is 7.54. The number of nitrogens with zero attached hydrogens (tertiary/aromatic N) is 5. The Hall–Kier alpha value is -6.28. The second-order valence-corrected chi connectivity index (χ2v) is 21.5. The van der Waals surface area contributed by atoms with Crippen molar-refractivity contribution >= 4 is 43.6 Å². The fourth-order valence-corrected chi connectivity index (χ4v) is 8.79. The van der Waals surface area contributed by atoms with Gasteiger partial charge in [0.2, 0.25) is 5.95 Å². The van der Waals surface area contributed by atoms with Crippen LogP contribution in [0.15, 0.2) is 121 Å². The van der Waals surface area contributed by atoms with E-state index in [1.807, 2.05) is 59.2 Å². The summed E-state index contributed by atoms with van der Waals surface area (Å²) in [6.45, 7) is 26.1. The summed E-state index contributed by atoms with van der Waals surface area (Å²) in [5.41, 5.74) is 7.49. The smallest absolute Gasteiger partial charge is 0.309 e. The fraction of sp³-hybridized carbons (Fsp3) is 0.304. The molecule has 0 saturated carbocycles. The van der Waals surface area contributed by atoms with Crippen LogP contribution in [0.25, 0.3) is 78.0 Å². The molecule has 9 rings (SSSR count). The Labute approximate surface area is 374 Å². The zero-order chi connectivity index (χ0) is 45.9. The minimum atomic E-state index is -4.72. The first-order valence-electron chi connectivity index (χ1n) is 22.1. The van der Waals surface area contributed by atoms with E-state index in [0.29, 0.717) is 22.8 Å². The Balaban J connectivity index is 1.30. The van der Waals surface area contributed by atoms with E-state index in [9.17, 15) is 0 Å². The Morgan fingerprint density at radius 2 is 0.750 bits per heavy atom. The number of alkyl halides is 3. The minimum absolute atomic E-state index is 0.0348. The molecule has 0 aliphatic rings. The Morgan fingerprint density at radius 1 is 0.375 bits per heavy atom. The highest BCUT2D eigenvalue weighted by Gasteiger charge is 2.36. The number of aromatic nitrogens is 5. The van der Waals surface area contributed by atoms with Crippen molar-refractivity contribution < 1.29 is 13.2 Å². The van der Waals surface area contributed by atoms with Gasteiger partial charge < -0.3 is 4.57 Å². The molecule has 0 fully saturated rings. The molecule has 0 aliphatic carbocycles. The monoisotopic (exact) mass is 855 g/mol. The summed E-state index contributed by atoms with van der Waals surface area (Å²) >= 11 is 0. The number of hydrogen-bond acceptors (Lipinski definition) is 3. The van der Waals surface area contributed by atoms with Gasteiger partial charge in [0.25, 0.3) is 0 Å². The lowest BCUT2D eigenvalue weighted by Gasteiger charge is -2.20. The van der Waals surface area contributed by atoms with Crippen LogP contribution in [0, 0.1) is 0 Å². The van der Waals surface area contributed by atoms with Gasteiger partial charge in [0.15, 0.2) is 11.6 Å². The number of halogens is 3. The summed E-state index contributed by atoms with van der Waals surface area (Å²) in [6.07, 6.45) is -4.72. The highest BCUT2D eigenvalue weighted by molar-refractivity contribution is 6.11. The van der Waals surface area contributed by atoms with Crippen molar-refractivity contribution in [3.63, 3.8) is 0 Å². The molecule has 9 aromatic rings. The third-order valence-electron chi connectivity index (χ3n) is 12.7. The zero-order valence-corrected chi connectivity index (χ0v) is 38.9. The summed E-state index contributed by atoms with van der Waals surface area (Å²) in [4.78, 5) is 15.0. The molecular weight excluding hydrogens is 800 g/mol. The van der Waals surface area contributed by atoms with Gasteiger partial charge in [0, 0.05) is 32.7 Å². The molecule has 0 aliphatic heterocycles. The lowest BCUT2D eigenvalue weighted by atomic mass is 9.85. The van der Waals surface area contributed by atoms with Gasteiger partial charge in [-0.3, -0.25) is 4.57 Å². The molecular formula is C56H56F3N5. The number of rotatable bonds is 4. The first kappa shape index (κ1) is 43.0. The van der Waals surface area contributed by atoms with Gasteiger partial charge in [0.1, 0.15) is 0 Å². The normalized spacial score (nSPS) is 13.2. The first-order valence-corrected chi connectivity index (χ1v) is 22.1. The summed E-state index contributed by atoms with van der Waals surface area (Å²) < 4.78 is 51.0. The van der Waals surface area contributed by atoms with Crippen LogP contribution < -0.4 is 0 Å². The SMILES string of the molecule is CC(C)(C)c1ccc2c(c1)c1cc(C(C)(C)C)ccc1n2-c1nc(-c2ccccc2)nc(-c2ccc(-n3c4ccc(C(C)(C)C)cc4c4cc(C(C)(C)C)ccc43)c(C(F)(F)F)c2)n1. The third-order valence-corrected chi connectivity index (χ3v) is 12.7. The maximum atomic E-state index is 15.7. The predicted octanol–water partition coefficient (Wildman–Crippen LogP) is 15.6. The van der Waals surface area contributed by atoms with Crippen LogP contribution in [-0.4, -0.2) is 24.1 Å². The highest BCUT2D eigenvalue weighted by Crippen LogP contribution is 2.43. The summed E-state index contributed by atoms with van der Waals surface area (Å²) in [5, 5.41) is 3.93. The lowest BCUT2D eigenvalue weighted by molar-refractivity contribution is -0.137. The van der Waals surface area contributed by atoms with Crippen LogP contribution in [0.5, 0.6) is 0 Å². The topological polar surface area (TPSA) is 48.5 Å². The van der Waals surface area contributed by atoms with Crippen molar-refractivity contribution in [3.05, 3.63) is 149 Å². The average molecular weight is 856 g/mol. The molecule has 3 heterocycles. The minimum Gasteiger partial charge on any atom is -0.309 e. The molecule has 0 bridgehead atoms. The van der Waals surface area contributed by atoms with Gasteiger partial charge in [-0.05, 0) is 111 Å². The lowest BCUT2D eigenvalue weighted by Crippen LogP contribution is -2.13. The Morgan fingerprint density at radius 3 is 1.12 bits per heavy atom. The van der Waals surface area contributed by atoms with E-state index in [1.54, 1.807) is 16.7 Å². The van der Waals surface area contributed by atoms with Crippen LogP contribution in [0.3, 0.4) is 0 Å². The van der Waals surface area contributed by atoms with E-state index >= 15 is 13.2 Å². The number of hydrogen-bond donors (Lipinski definition) is 0. The standard InChI is InChI=1S/C56H56F3N5/c1-52(2,3)35-19-24-44-39(29-35)40-30-36(53(4,5)6)20-25-45(40)63(44)48-23-18-34(28-43(48)56(57,58)59)50-60-49(33-16-14-13-15-17-33)61-51(62-50)64-46-26-21-37(54(7,8)9)31-41(46)42-32-38(55(10,11)12)22-27-47(42)64/h13-32H,1-12H3. The predicted molar refractivity (Wildman–Crippen MR) is 259 cm³/mol. The highest BCUT2D eigenvalue weighted by atomic mass is 19.4. The molecule has 6 aromatic carbocycles. The van der Waals surface area contributed by atoms with E-state index in [4.69, 9.17) is 15.0 Å². The van der Waals surface area contributed by atoms with Crippen molar-refractivity contribution in [2.75, 3.05) is 0 Å². The quantitative estimate of drug-likeness (QED) is 0.177. The fourth-order valence-electron chi connectivity index (χ4n) is 8.79. The first-order chi connectivity index (χ1) is 29.9. The maximum Gasteiger partial charge on any atom is 0.418 e. The van der Waals surface area contributed by atoms with E-state index in [1.165, 1.54) is 17.2 Å². The Bertz CT molecular complexity index is 3140. The number of benzene rings is 6. The van der Waals surface area contributed by atoms with Crippen molar-refractivity contribution in [2.45, 2.75) is 111 Å². The molecule has 0 spiro atoms. The molecule has 326 valence electrons. The molecule has 0 N–H and O–H groups in total. The molecule has 0 saturated heterocycles. The summed E-state index contributed by atoms with van der Waals surface area (Å²) in [5.74, 6) is 0.818. The van der Waals surface area contributed by atoms with Gasteiger partial charge in [-0.1, -0.05) is 138 Å². The molecule has 0 amide bonds. The van der Waals surface area contributed by atoms with Crippen LogP contribution in [0.2, 0.25) is 0 Å². The number of fused-ring (bicyclic) bond motifs is 6. The van der Waals surface area contributed by atoms with E-state index in [0.717, 1.165) is 49.3 Å². The van der Waals surface area contributed by atoms with Crippen molar-refractivity contribution in [2.24, 2.45) is 0 Å². The average Bonchev–Trinajstić information content (AvgIpc) is 3.73. The molecule has 3 aromatic heterocycles. The van der Waals surface area contributed by atoms with Crippen LogP contribution in [0.4, 0.5) is 13.2 Å². The molecule has 64 heavy (non-hydrogen) atoms. The summed E-state index contributed by atoms with van der Waals surface area (Å²) in [7, 11) is 0. The maximum absolute atomic E-state index is 15.7. The van der Waals surface area contributed by atoms with E-state index in [-0.39, 0.29) is 38.7 Å². The molecule has 0 unspecified atom stereocenters. The molecule has 5 nitrogen and oxygen atoms in total. The molecule has 8 heteroatoms. The zero-order valence-electron chi connectivity index (χ0n) is 38.9. The van der Waals surface area contributed by atoms with Crippen LogP contribution >= 0.6 is 0 Å². The van der Waals surface area contributed by atoms with Crippen molar-refractivity contribution in [1.82, 2.24) is 24.1 Å². The van der Waals surface area contributed by atoms with Crippen molar-refractivity contribution in [1.29, 1.82) is 0 Å². The largest absolute Gasteiger partial charge is 0.418 e. The molecule has 0 atom stereocenters. The van der Waals surface area contributed by atoms with Gasteiger partial charge >= 0.3 is 6.18 Å². The molecule has 0 radical (unpaired) electrons. The van der Waals surface area contributed by atoms with Crippen molar-refractivity contribution in [3.8, 4) is 34.4 Å². The van der Waals surface area contributed by atoms with Crippen LogP contribution in [0.1, 0.15) is 111 Å². The summed E-state index contributed by atoms with van der Waals surface area (Å²) in [6, 6.07) is 39.3. The second-order valence-electron chi connectivity index (χ2n) is 21.5. The second kappa shape index (κ2) is 14.6.